The number of aromatic nitrogens is 2. The molecule has 2 atom stereocenters. The molecule has 2 unspecified atom stereocenters. The molecule has 2 rings (SSSR count). The van der Waals surface area contributed by atoms with E-state index in [0.717, 1.165) is 19.4 Å². The van der Waals surface area contributed by atoms with Crippen LogP contribution < -0.4 is 16.6 Å². The average molecular weight is 301 g/mol. The molecule has 0 radical (unpaired) electrons. The van der Waals surface area contributed by atoms with Gasteiger partial charge in [0.05, 0.1) is 6.33 Å². The number of rotatable bonds is 3. The first kappa shape index (κ1) is 12.6. The van der Waals surface area contributed by atoms with Gasteiger partial charge in [-0.25, -0.2) is 4.98 Å². The summed E-state index contributed by atoms with van der Waals surface area (Å²) in [6, 6.07) is 0.261. The maximum atomic E-state index is 11.3. The zero-order chi connectivity index (χ0) is 12.3. The van der Waals surface area contributed by atoms with E-state index in [1.54, 1.807) is 0 Å². The molecule has 1 fully saturated rings. The van der Waals surface area contributed by atoms with E-state index in [1.807, 2.05) is 0 Å². The molecule has 1 aliphatic carbocycles. The van der Waals surface area contributed by atoms with E-state index in [0.29, 0.717) is 16.2 Å². The lowest BCUT2D eigenvalue weighted by atomic mass is 9.85. The number of nitrogens with zero attached hydrogens (tertiary/aromatic N) is 1. The molecule has 4 N–H and O–H groups in total. The van der Waals surface area contributed by atoms with Gasteiger partial charge in [-0.2, -0.15) is 0 Å². The van der Waals surface area contributed by atoms with Crippen molar-refractivity contribution in [2.45, 2.75) is 31.7 Å². The summed E-state index contributed by atoms with van der Waals surface area (Å²) < 4.78 is 0.449. The molecule has 0 amide bonds. The first-order valence-electron chi connectivity index (χ1n) is 5.91. The van der Waals surface area contributed by atoms with Crippen molar-refractivity contribution in [1.29, 1.82) is 0 Å². The third kappa shape index (κ3) is 3.07. The minimum atomic E-state index is -0.171. The second kappa shape index (κ2) is 5.64. The highest BCUT2D eigenvalue weighted by Gasteiger charge is 2.21. The normalized spacial score (nSPS) is 24.6. The molecule has 1 aliphatic rings. The predicted molar refractivity (Wildman–Crippen MR) is 71.0 cm³/mol. The summed E-state index contributed by atoms with van der Waals surface area (Å²) in [4.78, 5) is 18.0. The number of hydrogen-bond acceptors (Lipinski definition) is 4. The quantitative estimate of drug-likeness (QED) is 0.789. The van der Waals surface area contributed by atoms with Crippen molar-refractivity contribution in [2.75, 3.05) is 11.9 Å². The van der Waals surface area contributed by atoms with Gasteiger partial charge >= 0.3 is 0 Å². The van der Waals surface area contributed by atoms with Gasteiger partial charge in [-0.3, -0.25) is 4.79 Å². The van der Waals surface area contributed by atoms with Gasteiger partial charge in [-0.05, 0) is 34.7 Å². The monoisotopic (exact) mass is 300 g/mol. The van der Waals surface area contributed by atoms with E-state index in [-0.39, 0.29) is 11.6 Å². The fourth-order valence-electron chi connectivity index (χ4n) is 2.22. The molecule has 94 valence electrons. The van der Waals surface area contributed by atoms with Crippen LogP contribution in [0.1, 0.15) is 25.7 Å². The molecule has 17 heavy (non-hydrogen) atoms. The van der Waals surface area contributed by atoms with Crippen LogP contribution in [0.2, 0.25) is 0 Å². The lowest BCUT2D eigenvalue weighted by Crippen LogP contribution is -2.37. The van der Waals surface area contributed by atoms with Crippen molar-refractivity contribution in [1.82, 2.24) is 9.97 Å². The van der Waals surface area contributed by atoms with Crippen LogP contribution >= 0.6 is 15.9 Å². The number of hydrogen-bond donors (Lipinski definition) is 3. The van der Waals surface area contributed by atoms with Crippen molar-refractivity contribution in [2.24, 2.45) is 11.7 Å². The molecular formula is C11H17BrN4O. The minimum Gasteiger partial charge on any atom is -0.369 e. The van der Waals surface area contributed by atoms with Gasteiger partial charge < -0.3 is 16.0 Å². The van der Waals surface area contributed by atoms with Gasteiger partial charge in [0, 0.05) is 12.6 Å². The maximum absolute atomic E-state index is 11.3. The molecule has 0 saturated heterocycles. The Morgan fingerprint density at radius 3 is 3.06 bits per heavy atom. The third-order valence-electron chi connectivity index (χ3n) is 3.30. The second-order valence-electron chi connectivity index (χ2n) is 4.48. The number of nitrogens with two attached hydrogens (primary N) is 1. The maximum Gasteiger partial charge on any atom is 0.267 e. The Morgan fingerprint density at radius 2 is 2.29 bits per heavy atom. The van der Waals surface area contributed by atoms with Crippen LogP contribution in [0.15, 0.2) is 15.6 Å². The lowest BCUT2D eigenvalue weighted by molar-refractivity contribution is 0.321. The molecular weight excluding hydrogens is 284 g/mol. The Labute approximate surface area is 108 Å². The Balaban J connectivity index is 1.97. The number of aromatic amines is 1. The van der Waals surface area contributed by atoms with Gasteiger partial charge in [-0.15, -0.1) is 0 Å². The zero-order valence-corrected chi connectivity index (χ0v) is 11.2. The first-order chi connectivity index (χ1) is 8.18. The van der Waals surface area contributed by atoms with E-state index in [4.69, 9.17) is 5.73 Å². The van der Waals surface area contributed by atoms with Crippen molar-refractivity contribution < 1.29 is 0 Å². The summed E-state index contributed by atoms with van der Waals surface area (Å²) in [5, 5.41) is 3.20. The van der Waals surface area contributed by atoms with Gasteiger partial charge in [0.1, 0.15) is 10.3 Å². The molecule has 5 nitrogen and oxygen atoms in total. The van der Waals surface area contributed by atoms with Crippen LogP contribution in [-0.4, -0.2) is 22.6 Å². The highest BCUT2D eigenvalue weighted by atomic mass is 79.9. The highest BCUT2D eigenvalue weighted by molar-refractivity contribution is 9.10. The standard InChI is InChI=1S/C11H17BrN4O/c12-9-10(15-6-16-11(9)17)14-5-7-3-1-2-4-8(7)13/h6-8H,1-5,13H2,(H2,14,15,16,17). The van der Waals surface area contributed by atoms with Gasteiger partial charge in [0.2, 0.25) is 0 Å². The average Bonchev–Trinajstić information content (AvgIpc) is 2.33. The van der Waals surface area contributed by atoms with E-state index < -0.39 is 0 Å². The van der Waals surface area contributed by atoms with Gasteiger partial charge in [0.25, 0.3) is 5.56 Å². The fraction of sp³-hybridized carbons (Fsp3) is 0.636. The van der Waals surface area contributed by atoms with Crippen LogP contribution in [0.3, 0.4) is 0 Å². The number of anilines is 1. The Kier molecular flexibility index (Phi) is 4.17. The Morgan fingerprint density at radius 1 is 1.53 bits per heavy atom. The van der Waals surface area contributed by atoms with Crippen molar-refractivity contribution in [3.63, 3.8) is 0 Å². The first-order valence-corrected chi connectivity index (χ1v) is 6.70. The van der Waals surface area contributed by atoms with E-state index in [2.05, 4.69) is 31.2 Å². The molecule has 0 aromatic carbocycles. The van der Waals surface area contributed by atoms with Gasteiger partial charge in [0.15, 0.2) is 0 Å². The summed E-state index contributed by atoms with van der Waals surface area (Å²) in [7, 11) is 0. The van der Waals surface area contributed by atoms with Gasteiger partial charge in [-0.1, -0.05) is 12.8 Å². The van der Waals surface area contributed by atoms with Crippen LogP contribution in [0.25, 0.3) is 0 Å². The van der Waals surface area contributed by atoms with E-state index in [9.17, 15) is 4.79 Å². The minimum absolute atomic E-state index is 0.171. The summed E-state index contributed by atoms with van der Waals surface area (Å²) in [5.41, 5.74) is 5.90. The smallest absolute Gasteiger partial charge is 0.267 e. The number of nitrogens with one attached hydrogen (secondary N) is 2. The molecule has 1 aromatic heterocycles. The molecule has 0 bridgehead atoms. The topological polar surface area (TPSA) is 83.8 Å². The summed E-state index contributed by atoms with van der Waals surface area (Å²) in [6.07, 6.45) is 6.11. The number of H-pyrrole nitrogens is 1. The van der Waals surface area contributed by atoms with Crippen LogP contribution in [0.4, 0.5) is 5.82 Å². The summed E-state index contributed by atoms with van der Waals surface area (Å²) in [5.74, 6) is 1.06. The summed E-state index contributed by atoms with van der Waals surface area (Å²) >= 11 is 3.22. The van der Waals surface area contributed by atoms with E-state index in [1.165, 1.54) is 19.2 Å². The largest absolute Gasteiger partial charge is 0.369 e. The van der Waals surface area contributed by atoms with Crippen molar-refractivity contribution >= 4 is 21.7 Å². The molecule has 1 aromatic rings. The zero-order valence-electron chi connectivity index (χ0n) is 9.58. The molecule has 1 saturated carbocycles. The predicted octanol–water partition coefficient (Wildman–Crippen LogP) is 1.46. The SMILES string of the molecule is NC1CCCCC1CNc1nc[nH]c(=O)c1Br. The highest BCUT2D eigenvalue weighted by Crippen LogP contribution is 2.23. The van der Waals surface area contributed by atoms with Crippen molar-refractivity contribution in [3.05, 3.63) is 21.2 Å². The molecule has 0 aliphatic heterocycles. The van der Waals surface area contributed by atoms with Crippen molar-refractivity contribution in [3.8, 4) is 0 Å². The fourth-order valence-corrected chi connectivity index (χ4v) is 2.58. The lowest BCUT2D eigenvalue weighted by Gasteiger charge is -2.28. The Hall–Kier alpha value is -0.880. The molecule has 1 heterocycles. The summed E-state index contributed by atoms with van der Waals surface area (Å²) in [6.45, 7) is 0.774. The molecule has 6 heteroatoms. The van der Waals surface area contributed by atoms with Crippen LogP contribution in [0.5, 0.6) is 0 Å². The molecule has 0 spiro atoms. The third-order valence-corrected chi connectivity index (χ3v) is 4.03. The van der Waals surface area contributed by atoms with Crippen LogP contribution in [0, 0.1) is 5.92 Å². The number of halogens is 1. The Bertz CT molecular complexity index is 434. The van der Waals surface area contributed by atoms with Crippen LogP contribution in [-0.2, 0) is 0 Å². The van der Waals surface area contributed by atoms with E-state index >= 15 is 0 Å². The second-order valence-corrected chi connectivity index (χ2v) is 5.28.